The number of pyridine rings is 1. The molecule has 1 aromatic carbocycles. The van der Waals surface area contributed by atoms with Crippen LogP contribution in [0.25, 0.3) is 0 Å². The number of nitrogens with two attached hydrogens (primary N) is 1. The molecule has 2 heterocycles. The second kappa shape index (κ2) is 9.51. The van der Waals surface area contributed by atoms with Crippen LogP contribution in [-0.2, 0) is 11.3 Å². The van der Waals surface area contributed by atoms with Gasteiger partial charge in [-0.1, -0.05) is 48.2 Å². The summed E-state index contributed by atoms with van der Waals surface area (Å²) < 4.78 is 1.25. The van der Waals surface area contributed by atoms with Gasteiger partial charge >= 0.3 is 0 Å². The van der Waals surface area contributed by atoms with Crippen LogP contribution in [-0.4, -0.2) is 37.2 Å². The van der Waals surface area contributed by atoms with Crippen LogP contribution in [0.5, 0.6) is 0 Å². The number of rotatable bonds is 8. The van der Waals surface area contributed by atoms with E-state index in [9.17, 15) is 4.79 Å². The molecule has 10 heteroatoms. The van der Waals surface area contributed by atoms with Crippen LogP contribution in [0.4, 0.5) is 5.95 Å². The summed E-state index contributed by atoms with van der Waals surface area (Å²) in [5, 5.41) is 15.4. The third-order valence-corrected chi connectivity index (χ3v) is 4.63. The van der Waals surface area contributed by atoms with Gasteiger partial charge in [-0.15, -0.1) is 10.2 Å². The molecule has 0 fully saturated rings. The molecule has 0 saturated heterocycles. The molecular weight excluding hydrogens is 376 g/mol. The van der Waals surface area contributed by atoms with E-state index in [1.165, 1.54) is 16.4 Å². The van der Waals surface area contributed by atoms with Crippen LogP contribution in [0.2, 0.25) is 0 Å². The number of nitrogen functional groups attached to an aromatic ring is 1. The monoisotopic (exact) mass is 396 g/mol. The van der Waals surface area contributed by atoms with E-state index in [1.807, 2.05) is 55.5 Å². The highest BCUT2D eigenvalue weighted by atomic mass is 32.2. The van der Waals surface area contributed by atoms with Gasteiger partial charge < -0.3 is 11.2 Å². The Kier molecular flexibility index (Phi) is 6.58. The summed E-state index contributed by atoms with van der Waals surface area (Å²) in [6.45, 7) is 2.29. The quantitative estimate of drug-likeness (QED) is 0.229. The maximum Gasteiger partial charge on any atom is 0.264 e. The van der Waals surface area contributed by atoms with E-state index >= 15 is 0 Å². The van der Waals surface area contributed by atoms with E-state index in [2.05, 4.69) is 31.0 Å². The summed E-state index contributed by atoms with van der Waals surface area (Å²) in [6.07, 6.45) is 1.69. The fourth-order valence-electron chi connectivity index (χ4n) is 2.20. The lowest BCUT2D eigenvalue weighted by molar-refractivity contribution is -0.118. The smallest absolute Gasteiger partial charge is 0.264 e. The molecule has 9 nitrogen and oxygen atoms in total. The lowest BCUT2D eigenvalue weighted by Gasteiger charge is -2.05. The fraction of sp³-hybridized carbons (Fsp3) is 0.167. The summed E-state index contributed by atoms with van der Waals surface area (Å²) in [4.78, 5) is 16.2. The van der Waals surface area contributed by atoms with Crippen molar-refractivity contribution < 1.29 is 4.79 Å². The summed E-state index contributed by atoms with van der Waals surface area (Å²) >= 11 is 1.19. The Balaban J connectivity index is 1.51. The number of anilines is 1. The van der Waals surface area contributed by atoms with E-state index < -0.39 is 0 Å². The average Bonchev–Trinajstić information content (AvgIpc) is 3.09. The zero-order chi connectivity index (χ0) is 19.8. The van der Waals surface area contributed by atoms with Crippen molar-refractivity contribution in [2.45, 2.75) is 18.6 Å². The first-order valence-corrected chi connectivity index (χ1v) is 9.47. The molecule has 0 aliphatic carbocycles. The topological polar surface area (TPSA) is 123 Å². The van der Waals surface area contributed by atoms with Crippen molar-refractivity contribution in [1.82, 2.24) is 25.2 Å². The zero-order valence-corrected chi connectivity index (χ0v) is 16.1. The van der Waals surface area contributed by atoms with Gasteiger partial charge in [0, 0.05) is 12.7 Å². The van der Waals surface area contributed by atoms with Crippen molar-refractivity contribution in [1.29, 1.82) is 0 Å². The molecule has 0 unspecified atom stereocenters. The van der Waals surface area contributed by atoms with Crippen molar-refractivity contribution in [3.63, 3.8) is 0 Å². The van der Waals surface area contributed by atoms with Crippen molar-refractivity contribution in [2.75, 3.05) is 17.0 Å². The number of hydrogen-bond acceptors (Lipinski definition) is 8. The Morgan fingerprint density at radius 2 is 1.96 bits per heavy atom. The molecule has 4 N–H and O–H groups in total. The standard InChI is InChI=1S/C18H20N8OS/c1-13(15-9-5-6-10-20-15)22-23-17-24-25-18(26(17)19)28-12-16(27)21-11-14-7-3-2-4-8-14/h2-10H,11-12,19H2,1H3,(H,21,27)(H,23,24)/b22-13+. The summed E-state index contributed by atoms with van der Waals surface area (Å²) in [6, 6.07) is 15.3. The highest BCUT2D eigenvalue weighted by Gasteiger charge is 2.12. The SMILES string of the molecule is C/C(=N\Nc1nnc(SCC(=O)NCc2ccccc2)n1N)c1ccccn1. The van der Waals surface area contributed by atoms with E-state index in [4.69, 9.17) is 5.84 Å². The Bertz CT molecular complexity index is 943. The minimum absolute atomic E-state index is 0.115. The molecular formula is C18H20N8OS. The minimum Gasteiger partial charge on any atom is -0.351 e. The number of amides is 1. The van der Waals surface area contributed by atoms with E-state index in [1.54, 1.807) is 6.20 Å². The van der Waals surface area contributed by atoms with Gasteiger partial charge in [0.2, 0.25) is 11.1 Å². The molecule has 1 amide bonds. The lowest BCUT2D eigenvalue weighted by Crippen LogP contribution is -2.25. The average molecular weight is 396 g/mol. The molecule has 0 spiro atoms. The van der Waals surface area contributed by atoms with Gasteiger partial charge in [-0.25, -0.2) is 10.1 Å². The van der Waals surface area contributed by atoms with Gasteiger partial charge in [0.05, 0.1) is 17.2 Å². The van der Waals surface area contributed by atoms with Crippen LogP contribution in [0.1, 0.15) is 18.2 Å². The van der Waals surface area contributed by atoms with E-state index in [0.29, 0.717) is 17.4 Å². The van der Waals surface area contributed by atoms with Gasteiger partial charge in [0.15, 0.2) is 0 Å². The van der Waals surface area contributed by atoms with Gasteiger partial charge in [0.1, 0.15) is 0 Å². The predicted molar refractivity (Wildman–Crippen MR) is 109 cm³/mol. The molecule has 0 aliphatic heterocycles. The highest BCUT2D eigenvalue weighted by molar-refractivity contribution is 7.99. The van der Waals surface area contributed by atoms with Crippen molar-refractivity contribution in [3.05, 3.63) is 66.0 Å². The number of benzene rings is 1. The van der Waals surface area contributed by atoms with Crippen LogP contribution in [0.15, 0.2) is 65.0 Å². The number of aromatic nitrogens is 4. The second-order valence-corrected chi connectivity index (χ2v) is 6.69. The Morgan fingerprint density at radius 3 is 2.71 bits per heavy atom. The molecule has 0 atom stereocenters. The molecule has 144 valence electrons. The molecule has 0 bridgehead atoms. The van der Waals surface area contributed by atoms with Crippen LogP contribution >= 0.6 is 11.8 Å². The van der Waals surface area contributed by atoms with Gasteiger partial charge in [0.25, 0.3) is 5.95 Å². The summed E-state index contributed by atoms with van der Waals surface area (Å²) in [7, 11) is 0. The molecule has 0 saturated carbocycles. The minimum atomic E-state index is -0.115. The molecule has 3 rings (SSSR count). The van der Waals surface area contributed by atoms with Gasteiger partial charge in [-0.2, -0.15) is 5.10 Å². The lowest BCUT2D eigenvalue weighted by atomic mass is 10.2. The van der Waals surface area contributed by atoms with E-state index in [0.717, 1.165) is 11.3 Å². The van der Waals surface area contributed by atoms with Crippen LogP contribution in [0.3, 0.4) is 0 Å². The Morgan fingerprint density at radius 1 is 1.18 bits per heavy atom. The number of nitrogens with zero attached hydrogens (tertiary/aromatic N) is 5. The fourth-order valence-corrected chi connectivity index (χ4v) is 2.88. The maximum atomic E-state index is 12.0. The Labute approximate surface area is 166 Å². The second-order valence-electron chi connectivity index (χ2n) is 5.75. The highest BCUT2D eigenvalue weighted by Crippen LogP contribution is 2.16. The summed E-state index contributed by atoms with van der Waals surface area (Å²) in [5.41, 5.74) is 5.22. The molecule has 2 aromatic heterocycles. The van der Waals surface area contributed by atoms with Gasteiger partial charge in [-0.3, -0.25) is 9.78 Å². The van der Waals surface area contributed by atoms with E-state index in [-0.39, 0.29) is 17.6 Å². The number of thioether (sulfide) groups is 1. The van der Waals surface area contributed by atoms with Crippen molar-refractivity contribution in [2.24, 2.45) is 5.10 Å². The van der Waals surface area contributed by atoms with Crippen LogP contribution in [0, 0.1) is 0 Å². The number of hydrazone groups is 1. The number of carbonyl (C=O) groups is 1. The number of carbonyl (C=O) groups excluding carboxylic acids is 1. The largest absolute Gasteiger partial charge is 0.351 e. The third-order valence-electron chi connectivity index (χ3n) is 3.69. The molecule has 3 aromatic rings. The van der Waals surface area contributed by atoms with Gasteiger partial charge in [-0.05, 0) is 24.6 Å². The van der Waals surface area contributed by atoms with Crippen LogP contribution < -0.4 is 16.6 Å². The summed E-state index contributed by atoms with van der Waals surface area (Å²) in [5.74, 6) is 6.30. The first-order valence-electron chi connectivity index (χ1n) is 8.49. The number of hydrogen-bond donors (Lipinski definition) is 3. The molecule has 28 heavy (non-hydrogen) atoms. The Hall–Kier alpha value is -3.40. The zero-order valence-electron chi connectivity index (χ0n) is 15.2. The molecule has 0 radical (unpaired) electrons. The van der Waals surface area contributed by atoms with Crippen molar-refractivity contribution >= 4 is 29.3 Å². The predicted octanol–water partition coefficient (Wildman–Crippen LogP) is 1.63. The first-order chi connectivity index (χ1) is 13.6. The van der Waals surface area contributed by atoms with Crippen molar-refractivity contribution in [3.8, 4) is 0 Å². The maximum absolute atomic E-state index is 12.0. The normalized spacial score (nSPS) is 11.2. The first kappa shape index (κ1) is 19.4. The third kappa shape index (κ3) is 5.30. The molecule has 0 aliphatic rings. The number of nitrogens with one attached hydrogen (secondary N) is 2.